The number of aliphatic hydroxyl groups is 1. The normalized spacial score (nSPS) is 18.8. The molecule has 0 unspecified atom stereocenters. The van der Waals surface area contributed by atoms with Crippen molar-refractivity contribution in [1.29, 1.82) is 0 Å². The summed E-state index contributed by atoms with van der Waals surface area (Å²) < 4.78 is 15.0. The Morgan fingerprint density at radius 2 is 2.00 bits per heavy atom. The van der Waals surface area contributed by atoms with Crippen LogP contribution in [0.5, 0.6) is 0 Å². The van der Waals surface area contributed by atoms with Gasteiger partial charge in [0.2, 0.25) is 5.91 Å². The van der Waals surface area contributed by atoms with Crippen molar-refractivity contribution >= 4 is 22.4 Å². The summed E-state index contributed by atoms with van der Waals surface area (Å²) in [4.78, 5) is 28.6. The summed E-state index contributed by atoms with van der Waals surface area (Å²) in [7, 11) is 0. The van der Waals surface area contributed by atoms with E-state index in [9.17, 15) is 14.3 Å². The first-order valence-corrected chi connectivity index (χ1v) is 14.1. The third-order valence-electron chi connectivity index (χ3n) is 7.80. The number of amides is 1. The molecule has 3 aromatic rings. The summed E-state index contributed by atoms with van der Waals surface area (Å²) in [6.07, 6.45) is 9.58. The van der Waals surface area contributed by atoms with Crippen LogP contribution in [0.1, 0.15) is 62.3 Å². The van der Waals surface area contributed by atoms with Crippen LogP contribution in [-0.4, -0.2) is 55.6 Å². The number of anilines is 1. The molecule has 3 heterocycles. The summed E-state index contributed by atoms with van der Waals surface area (Å²) in [5, 5.41) is 14.4. The number of nitrogens with zero attached hydrogens (tertiary/aromatic N) is 4. The van der Waals surface area contributed by atoms with Gasteiger partial charge in [-0.1, -0.05) is 36.0 Å². The van der Waals surface area contributed by atoms with Gasteiger partial charge >= 0.3 is 0 Å². The minimum Gasteiger partial charge on any atom is -0.377 e. The monoisotopic (exact) mass is 531 g/mol. The number of likely N-dealkylation sites (tertiary alicyclic amines) is 1. The molecule has 1 saturated carbocycles. The molecule has 6 rings (SSSR count). The molecule has 2 N–H and O–H groups in total. The molecule has 2 aliphatic carbocycles. The van der Waals surface area contributed by atoms with Crippen LogP contribution in [-0.2, 0) is 17.6 Å². The van der Waals surface area contributed by atoms with E-state index >= 15 is 0 Å². The van der Waals surface area contributed by atoms with Crippen LogP contribution in [0.3, 0.4) is 0 Å². The van der Waals surface area contributed by atoms with Crippen LogP contribution < -0.4 is 5.32 Å². The first-order chi connectivity index (χ1) is 18.4. The van der Waals surface area contributed by atoms with E-state index in [0.29, 0.717) is 29.6 Å². The zero-order valence-electron chi connectivity index (χ0n) is 21.4. The van der Waals surface area contributed by atoms with E-state index in [0.717, 1.165) is 47.8 Å². The number of aryl methyl sites for hydroxylation is 2. The maximum atomic E-state index is 15.0. The molecule has 1 aromatic carbocycles. The van der Waals surface area contributed by atoms with E-state index in [1.807, 2.05) is 0 Å². The molecule has 196 valence electrons. The summed E-state index contributed by atoms with van der Waals surface area (Å²) in [5.74, 6) is 5.83. The Balaban J connectivity index is 1.24. The van der Waals surface area contributed by atoms with E-state index in [-0.39, 0.29) is 17.3 Å². The van der Waals surface area contributed by atoms with E-state index in [2.05, 4.69) is 32.0 Å². The number of nitrogens with one attached hydrogen (secondary N) is 1. The highest BCUT2D eigenvalue weighted by Crippen LogP contribution is 2.39. The second-order valence-corrected chi connectivity index (χ2v) is 11.5. The number of carbonyl (C=O) groups excluding carboxylic acids is 1. The van der Waals surface area contributed by atoms with Crippen LogP contribution in [0.25, 0.3) is 22.0 Å². The van der Waals surface area contributed by atoms with Gasteiger partial charge < -0.3 is 15.3 Å². The minimum atomic E-state index is -1.03. The standard InChI is InChI=1S/C29H30FN5O2S/c1-18(36)32-28-33-24-9-7-20-17-31-27(34-25(20)26(24)38-28)22-16-19(6-8-23(22)30)10-11-29(37)12-14-35(15-13-29)21-4-2-3-5-21/h6,8,16-17,21,37H,2-5,7,9,12-15H2,1H3,(H,32,33,36). The van der Waals surface area contributed by atoms with Crippen molar-refractivity contribution in [2.75, 3.05) is 18.4 Å². The number of thiazole rings is 1. The number of halogens is 1. The average Bonchev–Trinajstić information content (AvgIpc) is 3.58. The van der Waals surface area contributed by atoms with E-state index in [1.54, 1.807) is 18.3 Å². The molecule has 3 aliphatic rings. The quantitative estimate of drug-likeness (QED) is 0.481. The highest BCUT2D eigenvalue weighted by atomic mass is 32.1. The predicted molar refractivity (Wildman–Crippen MR) is 145 cm³/mol. The Morgan fingerprint density at radius 1 is 1.21 bits per heavy atom. The SMILES string of the molecule is CC(=O)Nc1nc2c(s1)-c1nc(-c3cc(C#CC4(O)CCN(C5CCCC5)CC4)ccc3F)ncc1CC2. The highest BCUT2D eigenvalue weighted by Gasteiger charge is 2.34. The molecule has 38 heavy (non-hydrogen) atoms. The number of rotatable bonds is 3. The molecule has 0 spiro atoms. The number of fused-ring (bicyclic) bond motifs is 3. The fraction of sp³-hybridized carbons (Fsp3) is 0.448. The van der Waals surface area contributed by atoms with Gasteiger partial charge in [-0.25, -0.2) is 19.3 Å². The fourth-order valence-corrected chi connectivity index (χ4v) is 6.78. The molecular weight excluding hydrogens is 501 g/mol. The number of piperidine rings is 1. The zero-order chi connectivity index (χ0) is 26.3. The first-order valence-electron chi connectivity index (χ1n) is 13.3. The van der Waals surface area contributed by atoms with Gasteiger partial charge in [-0.05, 0) is 49.4 Å². The van der Waals surface area contributed by atoms with E-state index < -0.39 is 11.4 Å². The van der Waals surface area contributed by atoms with Gasteiger partial charge in [0.05, 0.1) is 21.8 Å². The molecule has 2 aromatic heterocycles. The Bertz CT molecular complexity index is 1440. The molecule has 0 radical (unpaired) electrons. The van der Waals surface area contributed by atoms with Gasteiger partial charge in [-0.15, -0.1) is 0 Å². The highest BCUT2D eigenvalue weighted by molar-refractivity contribution is 7.19. The first kappa shape index (κ1) is 25.1. The zero-order valence-corrected chi connectivity index (χ0v) is 22.2. The van der Waals surface area contributed by atoms with Crippen molar-refractivity contribution in [2.24, 2.45) is 0 Å². The fourth-order valence-electron chi connectivity index (χ4n) is 5.70. The van der Waals surface area contributed by atoms with Crippen LogP contribution in [0.15, 0.2) is 24.4 Å². The third-order valence-corrected chi connectivity index (χ3v) is 8.82. The maximum absolute atomic E-state index is 15.0. The third kappa shape index (κ3) is 5.08. The Kier molecular flexibility index (Phi) is 6.72. The lowest BCUT2D eigenvalue weighted by Crippen LogP contribution is -2.47. The van der Waals surface area contributed by atoms with E-state index in [4.69, 9.17) is 4.98 Å². The maximum Gasteiger partial charge on any atom is 0.223 e. The van der Waals surface area contributed by atoms with E-state index in [1.165, 1.54) is 50.0 Å². The topological polar surface area (TPSA) is 91.2 Å². The molecule has 2 fully saturated rings. The molecule has 0 bridgehead atoms. The Morgan fingerprint density at radius 3 is 2.76 bits per heavy atom. The molecule has 1 aliphatic heterocycles. The van der Waals surface area contributed by atoms with Crippen molar-refractivity contribution in [3.05, 3.63) is 47.0 Å². The molecule has 1 amide bonds. The summed E-state index contributed by atoms with van der Waals surface area (Å²) in [5.41, 5.74) is 2.43. The molecule has 1 saturated heterocycles. The van der Waals surface area contributed by atoms with Crippen molar-refractivity contribution in [3.63, 3.8) is 0 Å². The van der Waals surface area contributed by atoms with Gasteiger partial charge in [0.25, 0.3) is 0 Å². The van der Waals surface area contributed by atoms with Gasteiger partial charge in [0, 0.05) is 50.7 Å². The lowest BCUT2D eigenvalue weighted by Gasteiger charge is -2.38. The number of hydrogen-bond donors (Lipinski definition) is 2. The number of aromatic nitrogens is 3. The van der Waals surface area contributed by atoms with Crippen LogP contribution >= 0.6 is 11.3 Å². The van der Waals surface area contributed by atoms with Gasteiger partial charge in [-0.3, -0.25) is 4.79 Å². The van der Waals surface area contributed by atoms with Gasteiger partial charge in [-0.2, -0.15) is 0 Å². The molecule has 9 heteroatoms. The molecular formula is C29H30FN5O2S. The summed E-state index contributed by atoms with van der Waals surface area (Å²) in [6, 6.07) is 5.31. The van der Waals surface area contributed by atoms with Crippen molar-refractivity contribution in [3.8, 4) is 33.8 Å². The van der Waals surface area contributed by atoms with Crippen LogP contribution in [0.2, 0.25) is 0 Å². The largest absolute Gasteiger partial charge is 0.377 e. The predicted octanol–water partition coefficient (Wildman–Crippen LogP) is 4.58. The van der Waals surface area contributed by atoms with Crippen molar-refractivity contribution in [1.82, 2.24) is 19.9 Å². The number of benzene rings is 1. The Hall–Kier alpha value is -3.19. The average molecular weight is 532 g/mol. The smallest absolute Gasteiger partial charge is 0.223 e. The lowest BCUT2D eigenvalue weighted by atomic mass is 9.90. The summed E-state index contributed by atoms with van der Waals surface area (Å²) in [6.45, 7) is 3.17. The van der Waals surface area contributed by atoms with Gasteiger partial charge in [0.15, 0.2) is 11.0 Å². The minimum absolute atomic E-state index is 0.177. The number of carbonyl (C=O) groups is 1. The van der Waals surface area contributed by atoms with Crippen LogP contribution in [0.4, 0.5) is 9.52 Å². The van der Waals surface area contributed by atoms with Crippen molar-refractivity contribution in [2.45, 2.75) is 69.9 Å². The van der Waals surface area contributed by atoms with Crippen LogP contribution in [0, 0.1) is 17.7 Å². The second kappa shape index (κ2) is 10.2. The summed E-state index contributed by atoms with van der Waals surface area (Å²) >= 11 is 1.37. The molecule has 0 atom stereocenters. The lowest BCUT2D eigenvalue weighted by molar-refractivity contribution is -0.114. The van der Waals surface area contributed by atoms with Crippen molar-refractivity contribution < 1.29 is 14.3 Å². The van der Waals surface area contributed by atoms with Gasteiger partial charge in [0.1, 0.15) is 11.4 Å². The second-order valence-electron chi connectivity index (χ2n) is 10.5. The number of hydrogen-bond acceptors (Lipinski definition) is 7. The molecule has 7 nitrogen and oxygen atoms in total. The Labute approximate surface area is 225 Å².